The largest absolute Gasteiger partial charge is 0.301 e. The van der Waals surface area contributed by atoms with Crippen molar-refractivity contribution in [1.82, 2.24) is 9.21 Å². The zero-order valence-corrected chi connectivity index (χ0v) is 13.5. The number of halogens is 2. The quantitative estimate of drug-likeness (QED) is 0.766. The van der Waals surface area contributed by atoms with E-state index in [4.69, 9.17) is 0 Å². The van der Waals surface area contributed by atoms with Gasteiger partial charge in [-0.3, -0.25) is 0 Å². The molecule has 0 unspecified atom stereocenters. The van der Waals surface area contributed by atoms with Crippen molar-refractivity contribution in [2.75, 3.05) is 38.1 Å². The van der Waals surface area contributed by atoms with E-state index in [0.29, 0.717) is 19.6 Å². The molecule has 1 aromatic rings. The lowest BCUT2D eigenvalue weighted by molar-refractivity contribution is 0.305. The first kappa shape index (κ1) is 15.9. The molecule has 1 aromatic carbocycles. The molecule has 0 bridgehead atoms. The summed E-state index contributed by atoms with van der Waals surface area (Å²) in [7, 11) is -3.73. The van der Waals surface area contributed by atoms with Gasteiger partial charge in [-0.2, -0.15) is 4.31 Å². The topological polar surface area (TPSA) is 40.6 Å². The van der Waals surface area contributed by atoms with E-state index in [0.717, 1.165) is 24.8 Å². The molecule has 0 saturated carbocycles. The maximum absolute atomic E-state index is 13.7. The molecule has 0 aromatic heterocycles. The molecule has 0 radical (unpaired) electrons. The van der Waals surface area contributed by atoms with Gasteiger partial charge in [0.15, 0.2) is 0 Å². The van der Waals surface area contributed by atoms with Gasteiger partial charge in [0.05, 0.1) is 0 Å². The highest BCUT2D eigenvalue weighted by atomic mass is 79.9. The third kappa shape index (κ3) is 3.58. The van der Waals surface area contributed by atoms with Crippen molar-refractivity contribution in [2.45, 2.75) is 11.3 Å². The molecule has 2 rings (SSSR count). The van der Waals surface area contributed by atoms with E-state index in [2.05, 4.69) is 20.8 Å². The number of hydrogen-bond acceptors (Lipinski definition) is 3. The number of sulfonamides is 1. The highest BCUT2D eigenvalue weighted by Gasteiger charge is 2.28. The molecule has 0 atom stereocenters. The van der Waals surface area contributed by atoms with Crippen LogP contribution >= 0.6 is 15.9 Å². The molecule has 0 amide bonds. The van der Waals surface area contributed by atoms with E-state index in [1.165, 1.54) is 22.5 Å². The number of benzene rings is 1. The fourth-order valence-corrected chi connectivity index (χ4v) is 4.36. The van der Waals surface area contributed by atoms with Crippen molar-refractivity contribution >= 4 is 26.0 Å². The molecule has 1 heterocycles. The third-order valence-corrected chi connectivity index (χ3v) is 5.69. The first-order valence-corrected chi connectivity index (χ1v) is 9.15. The summed E-state index contributed by atoms with van der Waals surface area (Å²) in [5.74, 6) is -0.686. The van der Waals surface area contributed by atoms with Gasteiger partial charge in [-0.1, -0.05) is 28.1 Å². The van der Waals surface area contributed by atoms with Crippen LogP contribution in [0, 0.1) is 5.82 Å². The van der Waals surface area contributed by atoms with Gasteiger partial charge in [-0.15, -0.1) is 0 Å². The van der Waals surface area contributed by atoms with Gasteiger partial charge >= 0.3 is 0 Å². The molecule has 1 aliphatic rings. The van der Waals surface area contributed by atoms with Crippen LogP contribution in [0.5, 0.6) is 0 Å². The Morgan fingerprint density at radius 1 is 1.15 bits per heavy atom. The molecule has 0 N–H and O–H groups in total. The van der Waals surface area contributed by atoms with Gasteiger partial charge in [0.1, 0.15) is 10.7 Å². The SMILES string of the molecule is O=S(=O)(c1ccccc1F)N1CCCN(CCBr)CC1. The molecular formula is C13H18BrFN2O2S. The minimum Gasteiger partial charge on any atom is -0.301 e. The first-order chi connectivity index (χ1) is 9.55. The summed E-state index contributed by atoms with van der Waals surface area (Å²) in [6.45, 7) is 3.29. The summed E-state index contributed by atoms with van der Waals surface area (Å²) in [6, 6.07) is 5.55. The maximum Gasteiger partial charge on any atom is 0.246 e. The van der Waals surface area contributed by atoms with Gasteiger partial charge in [0.2, 0.25) is 10.0 Å². The van der Waals surface area contributed by atoms with Crippen LogP contribution in [0.1, 0.15) is 6.42 Å². The molecule has 112 valence electrons. The van der Waals surface area contributed by atoms with Gasteiger partial charge in [-0.25, -0.2) is 12.8 Å². The van der Waals surface area contributed by atoms with Crippen LogP contribution in [-0.2, 0) is 10.0 Å². The first-order valence-electron chi connectivity index (χ1n) is 6.58. The summed E-state index contributed by atoms with van der Waals surface area (Å²) in [6.07, 6.45) is 0.765. The predicted octanol–water partition coefficient (Wildman–Crippen LogP) is 1.92. The van der Waals surface area contributed by atoms with Gasteiger partial charge in [0, 0.05) is 31.5 Å². The Hall–Kier alpha value is -0.500. The second kappa shape index (κ2) is 6.98. The van der Waals surface area contributed by atoms with Crippen molar-refractivity contribution in [3.05, 3.63) is 30.1 Å². The highest BCUT2D eigenvalue weighted by molar-refractivity contribution is 9.09. The normalized spacial score (nSPS) is 18.9. The second-order valence-corrected chi connectivity index (χ2v) is 7.42. The van der Waals surface area contributed by atoms with Crippen LogP contribution in [-0.4, -0.2) is 55.7 Å². The van der Waals surface area contributed by atoms with E-state index < -0.39 is 15.8 Å². The van der Waals surface area contributed by atoms with Crippen molar-refractivity contribution in [3.8, 4) is 0 Å². The van der Waals surface area contributed by atoms with Crippen LogP contribution in [0.2, 0.25) is 0 Å². The minimum atomic E-state index is -3.73. The Morgan fingerprint density at radius 2 is 1.90 bits per heavy atom. The molecular weight excluding hydrogens is 347 g/mol. The average Bonchev–Trinajstić information content (AvgIpc) is 2.65. The second-order valence-electron chi connectivity index (χ2n) is 4.72. The predicted molar refractivity (Wildman–Crippen MR) is 80.0 cm³/mol. The molecule has 1 fully saturated rings. The molecule has 7 heteroatoms. The Labute approximate surface area is 127 Å². The van der Waals surface area contributed by atoms with Crippen LogP contribution < -0.4 is 0 Å². The summed E-state index contributed by atoms with van der Waals surface area (Å²) in [5, 5.41) is 0.868. The lowest BCUT2D eigenvalue weighted by atomic mass is 10.3. The van der Waals surface area contributed by atoms with Crippen LogP contribution in [0.25, 0.3) is 0 Å². The van der Waals surface area contributed by atoms with E-state index in [9.17, 15) is 12.8 Å². The van der Waals surface area contributed by atoms with E-state index in [1.54, 1.807) is 6.07 Å². The minimum absolute atomic E-state index is 0.228. The number of rotatable bonds is 4. The van der Waals surface area contributed by atoms with Crippen molar-refractivity contribution in [1.29, 1.82) is 0 Å². The van der Waals surface area contributed by atoms with Gasteiger partial charge < -0.3 is 4.90 Å². The Balaban J connectivity index is 2.16. The molecule has 1 saturated heterocycles. The molecule has 0 spiro atoms. The standard InChI is InChI=1S/C13H18BrFN2O2S/c14-6-9-16-7-3-8-17(11-10-16)20(18,19)13-5-2-1-4-12(13)15/h1-2,4-5H,3,6-11H2. The van der Waals surface area contributed by atoms with Gasteiger partial charge in [-0.05, 0) is 25.1 Å². The number of nitrogens with zero attached hydrogens (tertiary/aromatic N) is 2. The highest BCUT2D eigenvalue weighted by Crippen LogP contribution is 2.20. The van der Waals surface area contributed by atoms with Crippen LogP contribution in [0.3, 0.4) is 0 Å². The van der Waals surface area contributed by atoms with Crippen LogP contribution in [0.15, 0.2) is 29.2 Å². The summed E-state index contributed by atoms with van der Waals surface area (Å²) in [4.78, 5) is 1.99. The average molecular weight is 365 g/mol. The Morgan fingerprint density at radius 3 is 2.60 bits per heavy atom. The summed E-state index contributed by atoms with van der Waals surface area (Å²) >= 11 is 3.39. The number of hydrogen-bond donors (Lipinski definition) is 0. The van der Waals surface area contributed by atoms with Crippen molar-refractivity contribution < 1.29 is 12.8 Å². The lowest BCUT2D eigenvalue weighted by Gasteiger charge is -2.21. The fraction of sp³-hybridized carbons (Fsp3) is 0.538. The van der Waals surface area contributed by atoms with Crippen molar-refractivity contribution in [3.63, 3.8) is 0 Å². The zero-order chi connectivity index (χ0) is 14.6. The Kier molecular flexibility index (Phi) is 5.54. The molecule has 20 heavy (non-hydrogen) atoms. The monoisotopic (exact) mass is 364 g/mol. The van der Waals surface area contributed by atoms with E-state index in [-0.39, 0.29) is 4.90 Å². The summed E-state index contributed by atoms with van der Waals surface area (Å²) in [5.41, 5.74) is 0. The van der Waals surface area contributed by atoms with E-state index >= 15 is 0 Å². The molecule has 1 aliphatic heterocycles. The van der Waals surface area contributed by atoms with Gasteiger partial charge in [0.25, 0.3) is 0 Å². The third-order valence-electron chi connectivity index (χ3n) is 3.40. The zero-order valence-electron chi connectivity index (χ0n) is 11.1. The fourth-order valence-electron chi connectivity index (χ4n) is 2.32. The van der Waals surface area contributed by atoms with Crippen molar-refractivity contribution in [2.24, 2.45) is 0 Å². The lowest BCUT2D eigenvalue weighted by Crippen LogP contribution is -2.36. The molecule has 0 aliphatic carbocycles. The van der Waals surface area contributed by atoms with E-state index in [1.807, 2.05) is 0 Å². The summed E-state index contributed by atoms with van der Waals surface area (Å²) < 4.78 is 40.1. The maximum atomic E-state index is 13.7. The number of alkyl halides is 1. The van der Waals surface area contributed by atoms with Crippen LogP contribution in [0.4, 0.5) is 4.39 Å². The smallest absolute Gasteiger partial charge is 0.246 e. The molecule has 4 nitrogen and oxygen atoms in total. The Bertz CT molecular complexity index is 553.